The van der Waals surface area contributed by atoms with Crippen molar-refractivity contribution < 1.29 is 4.79 Å². The molecule has 2 rings (SSSR count). The summed E-state index contributed by atoms with van der Waals surface area (Å²) < 4.78 is 0. The van der Waals surface area contributed by atoms with Gasteiger partial charge in [-0.15, -0.1) is 0 Å². The average Bonchev–Trinajstić information content (AvgIpc) is 3.11. The van der Waals surface area contributed by atoms with Crippen LogP contribution < -0.4 is 16.2 Å². The smallest absolute Gasteiger partial charge is 0.229 e. The quantitative estimate of drug-likeness (QED) is 0.565. The van der Waals surface area contributed by atoms with Gasteiger partial charge in [0.05, 0.1) is 11.9 Å². The Labute approximate surface area is 88.3 Å². The van der Waals surface area contributed by atoms with Gasteiger partial charge in [-0.2, -0.15) is 0 Å². The molecule has 15 heavy (non-hydrogen) atoms. The minimum atomic E-state index is 0.172. The molecule has 1 saturated carbocycles. The van der Waals surface area contributed by atoms with Crippen LogP contribution >= 0.6 is 0 Å². The summed E-state index contributed by atoms with van der Waals surface area (Å²) >= 11 is 0. The van der Waals surface area contributed by atoms with Gasteiger partial charge in [-0.1, -0.05) is 0 Å². The predicted molar refractivity (Wildman–Crippen MR) is 58.2 cm³/mol. The lowest BCUT2D eigenvalue weighted by Crippen LogP contribution is -2.27. The first-order valence-electron chi connectivity index (χ1n) is 4.92. The lowest BCUT2D eigenvalue weighted by atomic mass is 10.3. The average molecular weight is 206 g/mol. The lowest BCUT2D eigenvalue weighted by molar-refractivity contribution is -0.119. The number of pyridine rings is 1. The molecular weight excluding hydrogens is 192 g/mol. The van der Waals surface area contributed by atoms with Crippen LogP contribution in [0.1, 0.15) is 12.8 Å². The summed E-state index contributed by atoms with van der Waals surface area (Å²) in [5.74, 6) is 6.19. The minimum Gasteiger partial charge on any atom is -0.314 e. The third kappa shape index (κ3) is 2.07. The van der Waals surface area contributed by atoms with Crippen LogP contribution in [0.4, 0.5) is 11.5 Å². The topological polar surface area (TPSA) is 71.2 Å². The van der Waals surface area contributed by atoms with Crippen molar-refractivity contribution in [1.82, 2.24) is 4.98 Å². The van der Waals surface area contributed by atoms with Gasteiger partial charge in [-0.3, -0.25) is 4.79 Å². The fourth-order valence-electron chi connectivity index (χ4n) is 1.40. The molecule has 1 aromatic heterocycles. The molecule has 1 aromatic rings. The van der Waals surface area contributed by atoms with E-state index in [-0.39, 0.29) is 11.8 Å². The Kier molecular flexibility index (Phi) is 2.55. The normalized spacial score (nSPS) is 14.8. The summed E-state index contributed by atoms with van der Waals surface area (Å²) in [5, 5.41) is 0. The molecule has 5 heteroatoms. The van der Waals surface area contributed by atoms with Crippen LogP contribution in [0.2, 0.25) is 0 Å². The highest BCUT2D eigenvalue weighted by atomic mass is 16.2. The van der Waals surface area contributed by atoms with E-state index in [0.717, 1.165) is 18.5 Å². The largest absolute Gasteiger partial charge is 0.314 e. The number of carbonyl (C=O) groups is 1. The molecule has 0 atom stereocenters. The van der Waals surface area contributed by atoms with Crippen molar-refractivity contribution in [1.29, 1.82) is 0 Å². The van der Waals surface area contributed by atoms with E-state index in [9.17, 15) is 4.79 Å². The van der Waals surface area contributed by atoms with E-state index in [0.29, 0.717) is 5.82 Å². The molecular formula is C10H14N4O. The van der Waals surface area contributed by atoms with Crippen LogP contribution in [-0.4, -0.2) is 17.9 Å². The Morgan fingerprint density at radius 1 is 1.60 bits per heavy atom. The first-order valence-corrected chi connectivity index (χ1v) is 4.92. The Morgan fingerprint density at radius 3 is 2.80 bits per heavy atom. The van der Waals surface area contributed by atoms with E-state index in [2.05, 4.69) is 10.4 Å². The maximum Gasteiger partial charge on any atom is 0.229 e. The SMILES string of the molecule is CN(C(=O)C1CC1)c1ccc(NN)nc1. The Bertz CT molecular complexity index is 358. The van der Waals surface area contributed by atoms with Crippen molar-refractivity contribution >= 4 is 17.4 Å². The van der Waals surface area contributed by atoms with E-state index in [1.54, 1.807) is 24.2 Å². The molecule has 3 N–H and O–H groups in total. The molecule has 5 nitrogen and oxygen atoms in total. The van der Waals surface area contributed by atoms with E-state index in [1.807, 2.05) is 6.07 Å². The number of rotatable bonds is 3. The Hall–Kier alpha value is -1.62. The van der Waals surface area contributed by atoms with Gasteiger partial charge in [0.1, 0.15) is 5.82 Å². The van der Waals surface area contributed by atoms with Crippen LogP contribution in [0.15, 0.2) is 18.3 Å². The van der Waals surface area contributed by atoms with Crippen LogP contribution in [0.5, 0.6) is 0 Å². The standard InChI is InChI=1S/C10H14N4O/c1-14(10(15)7-2-3-7)8-4-5-9(13-11)12-6-8/h4-7H,2-3,11H2,1H3,(H,12,13). The minimum absolute atomic E-state index is 0.172. The van der Waals surface area contributed by atoms with E-state index in [4.69, 9.17) is 5.84 Å². The molecule has 0 spiro atoms. The molecule has 1 fully saturated rings. The van der Waals surface area contributed by atoms with E-state index < -0.39 is 0 Å². The first kappa shape index (κ1) is 9.92. The number of hydrogen-bond donors (Lipinski definition) is 2. The number of amides is 1. The number of anilines is 2. The number of aromatic nitrogens is 1. The monoisotopic (exact) mass is 206 g/mol. The molecule has 0 unspecified atom stereocenters. The van der Waals surface area contributed by atoms with Crippen molar-refractivity contribution in [3.8, 4) is 0 Å². The summed E-state index contributed by atoms with van der Waals surface area (Å²) in [6.07, 6.45) is 3.66. The van der Waals surface area contributed by atoms with Crippen molar-refractivity contribution in [2.24, 2.45) is 11.8 Å². The van der Waals surface area contributed by atoms with Gasteiger partial charge in [0.25, 0.3) is 0 Å². The van der Waals surface area contributed by atoms with Crippen LogP contribution in [0, 0.1) is 5.92 Å². The second-order valence-corrected chi connectivity index (χ2v) is 3.72. The van der Waals surface area contributed by atoms with Gasteiger partial charge >= 0.3 is 0 Å². The summed E-state index contributed by atoms with van der Waals surface area (Å²) in [4.78, 5) is 17.4. The van der Waals surface area contributed by atoms with Gasteiger partial charge in [0.15, 0.2) is 0 Å². The third-order valence-corrected chi connectivity index (χ3v) is 2.54. The van der Waals surface area contributed by atoms with E-state index >= 15 is 0 Å². The molecule has 0 bridgehead atoms. The zero-order chi connectivity index (χ0) is 10.8. The molecule has 0 aromatic carbocycles. The van der Waals surface area contributed by atoms with Gasteiger partial charge in [-0.05, 0) is 25.0 Å². The molecule has 1 heterocycles. The van der Waals surface area contributed by atoms with Crippen molar-refractivity contribution in [3.63, 3.8) is 0 Å². The van der Waals surface area contributed by atoms with Gasteiger partial charge < -0.3 is 10.3 Å². The van der Waals surface area contributed by atoms with E-state index in [1.165, 1.54) is 0 Å². The van der Waals surface area contributed by atoms with Gasteiger partial charge in [0, 0.05) is 13.0 Å². The molecule has 0 aliphatic heterocycles. The van der Waals surface area contributed by atoms with Crippen molar-refractivity contribution in [3.05, 3.63) is 18.3 Å². The highest BCUT2D eigenvalue weighted by molar-refractivity contribution is 5.95. The predicted octanol–water partition coefficient (Wildman–Crippen LogP) is 0.740. The number of nitrogens with one attached hydrogen (secondary N) is 1. The number of hydrazine groups is 1. The first-order chi connectivity index (χ1) is 7.22. The molecule has 1 aliphatic rings. The molecule has 1 aliphatic carbocycles. The molecule has 0 radical (unpaired) electrons. The highest BCUT2D eigenvalue weighted by Gasteiger charge is 2.32. The van der Waals surface area contributed by atoms with Crippen molar-refractivity contribution in [2.45, 2.75) is 12.8 Å². The van der Waals surface area contributed by atoms with Gasteiger partial charge in [-0.25, -0.2) is 10.8 Å². The highest BCUT2D eigenvalue weighted by Crippen LogP contribution is 2.32. The fraction of sp³-hybridized carbons (Fsp3) is 0.400. The number of nitrogens with two attached hydrogens (primary N) is 1. The third-order valence-electron chi connectivity index (χ3n) is 2.54. The molecule has 0 saturated heterocycles. The maximum absolute atomic E-state index is 11.7. The number of carbonyl (C=O) groups excluding carboxylic acids is 1. The maximum atomic E-state index is 11.7. The number of nitrogens with zero attached hydrogens (tertiary/aromatic N) is 2. The summed E-state index contributed by atoms with van der Waals surface area (Å²) in [6, 6.07) is 3.56. The van der Waals surface area contributed by atoms with Crippen LogP contribution in [0.3, 0.4) is 0 Å². The number of nitrogen functional groups attached to an aromatic ring is 1. The summed E-state index contributed by atoms with van der Waals surface area (Å²) in [7, 11) is 1.77. The second kappa shape index (κ2) is 3.86. The second-order valence-electron chi connectivity index (χ2n) is 3.72. The molecule has 80 valence electrons. The zero-order valence-corrected chi connectivity index (χ0v) is 8.60. The van der Waals surface area contributed by atoms with Crippen LogP contribution in [-0.2, 0) is 4.79 Å². The fourth-order valence-corrected chi connectivity index (χ4v) is 1.40. The molecule has 1 amide bonds. The summed E-state index contributed by atoms with van der Waals surface area (Å²) in [6.45, 7) is 0. The Balaban J connectivity index is 2.10. The summed E-state index contributed by atoms with van der Waals surface area (Å²) in [5.41, 5.74) is 3.24. The zero-order valence-electron chi connectivity index (χ0n) is 8.60. The lowest BCUT2D eigenvalue weighted by Gasteiger charge is -2.16. The number of hydrogen-bond acceptors (Lipinski definition) is 4. The van der Waals surface area contributed by atoms with Crippen LogP contribution in [0.25, 0.3) is 0 Å². The van der Waals surface area contributed by atoms with Crippen molar-refractivity contribution in [2.75, 3.05) is 17.4 Å². The van der Waals surface area contributed by atoms with Gasteiger partial charge in [0.2, 0.25) is 5.91 Å². The Morgan fingerprint density at radius 2 is 2.33 bits per heavy atom.